The topological polar surface area (TPSA) is 32.8 Å². The molecule has 0 unspecified atom stereocenters. The lowest BCUT2D eigenvalue weighted by molar-refractivity contribution is 0.0807. The first-order valence-corrected chi connectivity index (χ1v) is 8.69. The van der Waals surface area contributed by atoms with Gasteiger partial charge in [-0.05, 0) is 24.7 Å². The van der Waals surface area contributed by atoms with E-state index >= 15 is 0 Å². The normalized spacial score (nSPS) is 16.2. The summed E-state index contributed by atoms with van der Waals surface area (Å²) in [5.74, 6) is 0. The molecule has 0 bridgehead atoms. The molecule has 0 radical (unpaired) electrons. The number of carbonyl (C=O) groups is 1. The molecule has 21 heavy (non-hydrogen) atoms. The largest absolute Gasteiger partial charge is 0.445 e. The quantitative estimate of drug-likeness (QED) is 0.781. The fraction of sp³-hybridized carbons (Fsp3) is 0.562. The number of hydrogen-bond donors (Lipinski definition) is 0. The fourth-order valence-electron chi connectivity index (χ4n) is 2.68. The number of carbonyl (C=O) groups excluding carboxylic acids is 1. The number of ether oxygens (including phenoxy) is 1. The Hall–Kier alpha value is -1.20. The molecule has 0 saturated carbocycles. The summed E-state index contributed by atoms with van der Waals surface area (Å²) < 4.78 is 7.78. The van der Waals surface area contributed by atoms with E-state index in [0.29, 0.717) is 12.6 Å². The number of piperidine rings is 1. The van der Waals surface area contributed by atoms with E-state index in [1.54, 1.807) is 11.9 Å². The van der Waals surface area contributed by atoms with Crippen molar-refractivity contribution in [1.82, 2.24) is 9.21 Å². The minimum atomic E-state index is -0.190. The summed E-state index contributed by atoms with van der Waals surface area (Å²) in [5, 5.41) is 0. The van der Waals surface area contributed by atoms with Crippen LogP contribution in [0.5, 0.6) is 0 Å². The van der Waals surface area contributed by atoms with E-state index in [0.717, 1.165) is 38.0 Å². The van der Waals surface area contributed by atoms with Crippen molar-refractivity contribution in [2.75, 3.05) is 25.9 Å². The van der Waals surface area contributed by atoms with Crippen LogP contribution in [-0.2, 0) is 11.3 Å². The Morgan fingerprint density at radius 3 is 2.57 bits per heavy atom. The van der Waals surface area contributed by atoms with Crippen molar-refractivity contribution in [2.24, 2.45) is 0 Å². The van der Waals surface area contributed by atoms with E-state index in [1.165, 1.54) is 0 Å². The third-order valence-electron chi connectivity index (χ3n) is 3.88. The van der Waals surface area contributed by atoms with Gasteiger partial charge in [-0.25, -0.2) is 9.10 Å². The van der Waals surface area contributed by atoms with Crippen molar-refractivity contribution in [3.63, 3.8) is 0 Å². The van der Waals surface area contributed by atoms with Gasteiger partial charge >= 0.3 is 6.09 Å². The first kappa shape index (κ1) is 16.2. The van der Waals surface area contributed by atoms with E-state index < -0.39 is 0 Å². The van der Waals surface area contributed by atoms with Crippen molar-refractivity contribution in [3.05, 3.63) is 35.9 Å². The molecular formula is C16H24N2O2S. The summed E-state index contributed by atoms with van der Waals surface area (Å²) in [6.45, 7) is 5.15. The van der Waals surface area contributed by atoms with E-state index in [2.05, 4.69) is 17.5 Å². The predicted molar refractivity (Wildman–Crippen MR) is 87.1 cm³/mol. The van der Waals surface area contributed by atoms with E-state index in [4.69, 9.17) is 4.74 Å². The summed E-state index contributed by atoms with van der Waals surface area (Å²) in [6, 6.07) is 10.4. The second kappa shape index (κ2) is 8.29. The van der Waals surface area contributed by atoms with Crippen LogP contribution in [0.1, 0.15) is 25.3 Å². The lowest BCUT2D eigenvalue weighted by Crippen LogP contribution is -2.44. The van der Waals surface area contributed by atoms with Gasteiger partial charge in [-0.2, -0.15) is 0 Å². The Labute approximate surface area is 131 Å². The highest BCUT2D eigenvalue weighted by molar-refractivity contribution is 7.96. The number of hydrogen-bond acceptors (Lipinski definition) is 4. The number of nitrogens with zero attached hydrogens (tertiary/aromatic N) is 2. The van der Waals surface area contributed by atoms with Gasteiger partial charge < -0.3 is 9.64 Å². The monoisotopic (exact) mass is 308 g/mol. The molecule has 1 fully saturated rings. The third-order valence-corrected chi connectivity index (χ3v) is 4.91. The average Bonchev–Trinajstić information content (AvgIpc) is 2.55. The number of amides is 1. The van der Waals surface area contributed by atoms with Gasteiger partial charge in [-0.1, -0.05) is 49.2 Å². The molecule has 0 aromatic heterocycles. The molecule has 2 rings (SSSR count). The van der Waals surface area contributed by atoms with Crippen molar-refractivity contribution in [2.45, 2.75) is 32.4 Å². The van der Waals surface area contributed by atoms with Gasteiger partial charge in [0.1, 0.15) is 6.61 Å². The lowest BCUT2D eigenvalue weighted by Gasteiger charge is -2.36. The Bertz CT molecular complexity index is 429. The SMILES string of the molecule is CCN(SC)C1CCN(C(=O)OCc2ccccc2)CC1. The highest BCUT2D eigenvalue weighted by Crippen LogP contribution is 2.21. The van der Waals surface area contributed by atoms with Crippen LogP contribution in [0.4, 0.5) is 4.79 Å². The standard InChI is InChI=1S/C16H24N2O2S/c1-3-18(21-2)15-9-11-17(12-10-15)16(19)20-13-14-7-5-4-6-8-14/h4-8,15H,3,9-13H2,1-2H3. The van der Waals surface area contributed by atoms with Crippen LogP contribution in [0, 0.1) is 0 Å². The van der Waals surface area contributed by atoms with Crippen LogP contribution in [0.15, 0.2) is 30.3 Å². The molecule has 1 aliphatic rings. The molecule has 5 heteroatoms. The Balaban J connectivity index is 1.75. The fourth-order valence-corrected chi connectivity index (χ4v) is 3.45. The molecule has 0 spiro atoms. The zero-order valence-corrected chi connectivity index (χ0v) is 13.6. The molecule has 4 nitrogen and oxygen atoms in total. The summed E-state index contributed by atoms with van der Waals surface area (Å²) in [6.07, 6.45) is 3.97. The molecule has 1 aromatic rings. The molecule has 1 saturated heterocycles. The Morgan fingerprint density at radius 1 is 1.33 bits per heavy atom. The highest BCUT2D eigenvalue weighted by atomic mass is 32.2. The van der Waals surface area contributed by atoms with Gasteiger partial charge in [-0.3, -0.25) is 0 Å². The zero-order valence-electron chi connectivity index (χ0n) is 12.8. The van der Waals surface area contributed by atoms with Crippen LogP contribution in [0.2, 0.25) is 0 Å². The molecular weight excluding hydrogens is 284 g/mol. The first-order valence-electron chi connectivity index (χ1n) is 7.51. The second-order valence-electron chi connectivity index (χ2n) is 5.17. The smallest absolute Gasteiger partial charge is 0.410 e. The van der Waals surface area contributed by atoms with Crippen LogP contribution < -0.4 is 0 Å². The summed E-state index contributed by atoms with van der Waals surface area (Å²) in [4.78, 5) is 13.9. The molecule has 1 aromatic carbocycles. The van der Waals surface area contributed by atoms with Gasteiger partial charge in [0.25, 0.3) is 0 Å². The molecule has 116 valence electrons. The van der Waals surface area contributed by atoms with E-state index in [-0.39, 0.29) is 6.09 Å². The molecule has 1 amide bonds. The zero-order chi connectivity index (χ0) is 15.1. The van der Waals surface area contributed by atoms with E-state index in [9.17, 15) is 4.79 Å². The van der Waals surface area contributed by atoms with Crippen molar-refractivity contribution < 1.29 is 9.53 Å². The van der Waals surface area contributed by atoms with Gasteiger partial charge in [0.05, 0.1) is 0 Å². The van der Waals surface area contributed by atoms with Crippen molar-refractivity contribution in [3.8, 4) is 0 Å². The van der Waals surface area contributed by atoms with Crippen molar-refractivity contribution in [1.29, 1.82) is 0 Å². The number of benzene rings is 1. The van der Waals surface area contributed by atoms with Gasteiger partial charge in [0, 0.05) is 25.7 Å². The Morgan fingerprint density at radius 2 is 2.00 bits per heavy atom. The molecule has 0 atom stereocenters. The van der Waals surface area contributed by atoms with Crippen molar-refractivity contribution >= 4 is 18.0 Å². The minimum absolute atomic E-state index is 0.190. The molecule has 1 aliphatic heterocycles. The highest BCUT2D eigenvalue weighted by Gasteiger charge is 2.26. The maximum atomic E-state index is 12.1. The van der Waals surface area contributed by atoms with Gasteiger partial charge in [0.2, 0.25) is 0 Å². The average molecular weight is 308 g/mol. The van der Waals surface area contributed by atoms with Crippen LogP contribution in [0.3, 0.4) is 0 Å². The maximum Gasteiger partial charge on any atom is 0.410 e. The molecule has 0 N–H and O–H groups in total. The number of likely N-dealkylation sites (tertiary alicyclic amines) is 1. The predicted octanol–water partition coefficient (Wildman–Crippen LogP) is 3.39. The summed E-state index contributed by atoms with van der Waals surface area (Å²) in [7, 11) is 0. The van der Waals surface area contributed by atoms with Crippen LogP contribution in [-0.4, -0.2) is 47.2 Å². The maximum absolute atomic E-state index is 12.1. The summed E-state index contributed by atoms with van der Waals surface area (Å²) in [5.41, 5.74) is 1.03. The van der Waals surface area contributed by atoms with E-state index in [1.807, 2.05) is 35.2 Å². The lowest BCUT2D eigenvalue weighted by atomic mass is 10.1. The third kappa shape index (κ3) is 4.64. The Kier molecular flexibility index (Phi) is 6.39. The minimum Gasteiger partial charge on any atom is -0.445 e. The number of rotatable bonds is 5. The molecule has 0 aliphatic carbocycles. The summed E-state index contributed by atoms with van der Waals surface area (Å²) >= 11 is 1.79. The van der Waals surface area contributed by atoms with Gasteiger partial charge in [0.15, 0.2) is 0 Å². The first-order chi connectivity index (χ1) is 10.2. The second-order valence-corrected chi connectivity index (χ2v) is 6.01. The van der Waals surface area contributed by atoms with Gasteiger partial charge in [-0.15, -0.1) is 0 Å². The molecule has 1 heterocycles. The van der Waals surface area contributed by atoms with Crippen LogP contribution in [0.25, 0.3) is 0 Å². The van der Waals surface area contributed by atoms with Crippen LogP contribution >= 0.6 is 11.9 Å².